The lowest BCUT2D eigenvalue weighted by molar-refractivity contribution is 0.0662. The predicted octanol–water partition coefficient (Wildman–Crippen LogP) is 4.76. The molecule has 2 aromatic heterocycles. The molecule has 184 valence electrons. The van der Waals surface area contributed by atoms with E-state index in [9.17, 15) is 9.90 Å². The van der Waals surface area contributed by atoms with Crippen molar-refractivity contribution < 1.29 is 20.1 Å². The van der Waals surface area contributed by atoms with Crippen LogP contribution < -0.4 is 4.74 Å². The van der Waals surface area contributed by atoms with Gasteiger partial charge in [-0.3, -0.25) is 14.5 Å². The minimum atomic E-state index is -3.26. The summed E-state index contributed by atoms with van der Waals surface area (Å²) in [4.78, 5) is 18.4. The molecule has 4 aromatic rings. The number of aromatic nitrogens is 3. The highest BCUT2D eigenvalue weighted by Gasteiger charge is 2.32. The van der Waals surface area contributed by atoms with Crippen molar-refractivity contribution in [2.45, 2.75) is 32.9 Å². The fourth-order valence-corrected chi connectivity index (χ4v) is 4.30. The maximum Gasteiger partial charge on any atom is 0.272 e. The van der Waals surface area contributed by atoms with Crippen molar-refractivity contribution in [3.8, 4) is 28.1 Å². The van der Waals surface area contributed by atoms with E-state index < -0.39 is 19.0 Å². The average molecular weight is 487 g/mol. The first-order valence-corrected chi connectivity index (χ1v) is 11.8. The van der Waals surface area contributed by atoms with E-state index in [1.54, 1.807) is 36.7 Å². The maximum atomic E-state index is 13.7. The molecule has 7 heteroatoms. The Morgan fingerprint density at radius 1 is 1.00 bits per heavy atom. The van der Waals surface area contributed by atoms with Gasteiger partial charge in [-0.2, -0.15) is 5.10 Å². The Hall–Kier alpha value is -3.97. The maximum absolute atomic E-state index is 13.7. The first-order chi connectivity index (χ1) is 19.0. The van der Waals surface area contributed by atoms with Crippen molar-refractivity contribution in [2.75, 3.05) is 19.6 Å². The molecule has 0 bridgehead atoms. The standard InChI is InChI=1S/C29H30N4O3/c1-20(2)22-5-3-21(4-6-22)19-36-25-9-7-23(8-10-25)26-27(24-11-13-30-14-12-24)31-33-16-15-32(17-18-34)29(35)28(26)33/h3-14,20,34H,15-19H2,1-2H3/i17D2,18D2. The molecule has 1 aliphatic rings. The minimum Gasteiger partial charge on any atom is -0.489 e. The van der Waals surface area contributed by atoms with Gasteiger partial charge in [0.05, 0.1) is 18.6 Å². The number of benzene rings is 2. The summed E-state index contributed by atoms with van der Waals surface area (Å²) in [5.41, 5.74) is 4.79. The third-order valence-electron chi connectivity index (χ3n) is 6.27. The van der Waals surface area contributed by atoms with Gasteiger partial charge in [0, 0.05) is 36.6 Å². The zero-order chi connectivity index (χ0) is 28.7. The van der Waals surface area contributed by atoms with Gasteiger partial charge in [0.25, 0.3) is 5.91 Å². The number of amides is 1. The highest BCUT2D eigenvalue weighted by Crippen LogP contribution is 2.37. The number of fused-ring (bicyclic) bond motifs is 1. The van der Waals surface area contributed by atoms with Crippen LogP contribution in [0.1, 0.15) is 46.9 Å². The molecule has 5 rings (SSSR count). The highest BCUT2D eigenvalue weighted by atomic mass is 16.5. The molecule has 3 heterocycles. The van der Waals surface area contributed by atoms with Crippen molar-refractivity contribution in [1.29, 1.82) is 0 Å². The van der Waals surface area contributed by atoms with Crippen molar-refractivity contribution in [3.63, 3.8) is 0 Å². The Morgan fingerprint density at radius 2 is 1.72 bits per heavy atom. The van der Waals surface area contributed by atoms with E-state index >= 15 is 0 Å². The molecule has 2 aromatic carbocycles. The molecular weight excluding hydrogens is 452 g/mol. The molecule has 0 aliphatic carbocycles. The summed E-state index contributed by atoms with van der Waals surface area (Å²) in [6.45, 7) is -1.53. The summed E-state index contributed by atoms with van der Waals surface area (Å²) in [6.07, 6.45) is 3.24. The van der Waals surface area contributed by atoms with Crippen LogP contribution >= 0.6 is 0 Å². The van der Waals surface area contributed by atoms with Gasteiger partial charge < -0.3 is 14.7 Å². The van der Waals surface area contributed by atoms with E-state index in [0.717, 1.165) is 16.0 Å². The van der Waals surface area contributed by atoms with E-state index in [1.807, 2.05) is 12.1 Å². The zero-order valence-electron chi connectivity index (χ0n) is 24.2. The number of nitrogens with zero attached hydrogens (tertiary/aromatic N) is 4. The van der Waals surface area contributed by atoms with Gasteiger partial charge in [0.2, 0.25) is 0 Å². The monoisotopic (exact) mass is 486 g/mol. The molecule has 0 radical (unpaired) electrons. The number of ether oxygens (including phenoxy) is 1. The third kappa shape index (κ3) is 4.75. The van der Waals surface area contributed by atoms with Gasteiger partial charge in [-0.15, -0.1) is 0 Å². The van der Waals surface area contributed by atoms with Gasteiger partial charge in [-0.25, -0.2) is 0 Å². The number of aliphatic hydroxyl groups is 1. The van der Waals surface area contributed by atoms with Gasteiger partial charge >= 0.3 is 0 Å². The molecule has 36 heavy (non-hydrogen) atoms. The molecule has 0 fully saturated rings. The van der Waals surface area contributed by atoms with Crippen LogP contribution in [0, 0.1) is 0 Å². The fraction of sp³-hybridized carbons (Fsp3) is 0.276. The van der Waals surface area contributed by atoms with E-state index in [1.165, 1.54) is 10.2 Å². The van der Waals surface area contributed by atoms with Crippen LogP contribution in [0.5, 0.6) is 5.75 Å². The average Bonchev–Trinajstić information content (AvgIpc) is 3.33. The number of rotatable bonds is 8. The third-order valence-corrected chi connectivity index (χ3v) is 6.27. The molecule has 0 spiro atoms. The second kappa shape index (κ2) is 10.3. The van der Waals surface area contributed by atoms with E-state index in [0.29, 0.717) is 35.1 Å². The minimum absolute atomic E-state index is 0.116. The lowest BCUT2D eigenvalue weighted by atomic mass is 9.98. The molecule has 1 aliphatic heterocycles. The number of pyridine rings is 1. The van der Waals surface area contributed by atoms with Crippen LogP contribution in [0.2, 0.25) is 0 Å². The van der Waals surface area contributed by atoms with Crippen LogP contribution in [0.15, 0.2) is 73.1 Å². The van der Waals surface area contributed by atoms with Crippen LogP contribution in [-0.2, 0) is 13.2 Å². The molecule has 0 atom stereocenters. The smallest absolute Gasteiger partial charge is 0.272 e. The number of carbonyl (C=O) groups excluding carboxylic acids is 1. The Morgan fingerprint density at radius 3 is 2.39 bits per heavy atom. The first-order valence-electron chi connectivity index (χ1n) is 13.8. The van der Waals surface area contributed by atoms with Crippen molar-refractivity contribution in [3.05, 3.63) is 89.9 Å². The second-order valence-electron chi connectivity index (χ2n) is 8.92. The Labute approximate surface area is 216 Å². The van der Waals surface area contributed by atoms with Crippen molar-refractivity contribution >= 4 is 5.91 Å². The van der Waals surface area contributed by atoms with Crippen LogP contribution in [0.25, 0.3) is 22.4 Å². The number of hydrogen-bond acceptors (Lipinski definition) is 5. The lowest BCUT2D eigenvalue weighted by Gasteiger charge is -2.27. The number of carbonyl (C=O) groups is 1. The van der Waals surface area contributed by atoms with Gasteiger partial charge in [-0.1, -0.05) is 50.2 Å². The molecule has 0 saturated carbocycles. The fourth-order valence-electron chi connectivity index (χ4n) is 4.30. The highest BCUT2D eigenvalue weighted by molar-refractivity contribution is 6.03. The van der Waals surface area contributed by atoms with E-state index in [2.05, 4.69) is 48.2 Å². The summed E-state index contributed by atoms with van der Waals surface area (Å²) in [6, 6.07) is 19.1. The van der Waals surface area contributed by atoms with Gasteiger partial charge in [-0.05, 0) is 46.9 Å². The summed E-state index contributed by atoms with van der Waals surface area (Å²) >= 11 is 0. The predicted molar refractivity (Wildman–Crippen MR) is 139 cm³/mol. The zero-order valence-corrected chi connectivity index (χ0v) is 20.2. The second-order valence-corrected chi connectivity index (χ2v) is 8.92. The molecular formula is C29H30N4O3. The van der Waals surface area contributed by atoms with Gasteiger partial charge in [0.15, 0.2) is 0 Å². The van der Waals surface area contributed by atoms with Crippen LogP contribution in [0.4, 0.5) is 0 Å². The first kappa shape index (κ1) is 19.2. The van der Waals surface area contributed by atoms with E-state index in [-0.39, 0.29) is 18.8 Å². The Kier molecular flexibility index (Phi) is 5.53. The van der Waals surface area contributed by atoms with Gasteiger partial charge in [0.1, 0.15) is 23.7 Å². The molecule has 0 saturated heterocycles. The Balaban J connectivity index is 1.48. The summed E-state index contributed by atoms with van der Waals surface area (Å²) in [5.74, 6) is 0.333. The molecule has 1 amide bonds. The molecule has 1 N–H and O–H groups in total. The SMILES string of the molecule is [2H]C([2H])(O)C([2H])([2H])N1CCn2nc(-c3ccncc3)c(-c3ccc(OCc4ccc(C(C)C)cc4)cc3)c2C1=O. The van der Waals surface area contributed by atoms with Crippen molar-refractivity contribution in [1.82, 2.24) is 19.7 Å². The summed E-state index contributed by atoms with van der Waals surface area (Å²) in [7, 11) is 0. The number of β-amino-alcohol motifs (C(OH)–C–C–N with tert-alkyl or cyclic N) is 1. The molecule has 0 unspecified atom stereocenters. The Bertz CT molecular complexity index is 1500. The van der Waals surface area contributed by atoms with Crippen LogP contribution in [-0.4, -0.2) is 50.3 Å². The topological polar surface area (TPSA) is 80.5 Å². The number of hydrogen-bond donors (Lipinski definition) is 1. The lowest BCUT2D eigenvalue weighted by Crippen LogP contribution is -2.42. The normalized spacial score (nSPS) is 15.7. The van der Waals surface area contributed by atoms with Crippen molar-refractivity contribution in [2.24, 2.45) is 0 Å². The largest absolute Gasteiger partial charge is 0.489 e. The van der Waals surface area contributed by atoms with E-state index in [4.69, 9.17) is 10.2 Å². The summed E-state index contributed by atoms with van der Waals surface area (Å²) < 4.78 is 39.0. The van der Waals surface area contributed by atoms with Crippen LogP contribution in [0.3, 0.4) is 0 Å². The quantitative estimate of drug-likeness (QED) is 0.388. The molecule has 7 nitrogen and oxygen atoms in total. The summed E-state index contributed by atoms with van der Waals surface area (Å²) in [5, 5.41) is 14.5.